The third-order valence-electron chi connectivity index (χ3n) is 3.32. The SMILES string of the molecule is O=P(O)(O)OP(=O)(Oc1ccccc1)Oc1ccccc1.OP(O)OCc1ccccc1. The van der Waals surface area contributed by atoms with Crippen LogP contribution in [0.25, 0.3) is 0 Å². The van der Waals surface area contributed by atoms with Crippen molar-refractivity contribution in [3.63, 3.8) is 0 Å². The lowest BCUT2D eigenvalue weighted by Gasteiger charge is -2.18. The van der Waals surface area contributed by atoms with Gasteiger partial charge in [0.1, 0.15) is 11.5 Å². The lowest BCUT2D eigenvalue weighted by molar-refractivity contribution is 0.233. The van der Waals surface area contributed by atoms with Crippen molar-refractivity contribution in [2.75, 3.05) is 0 Å². The Morgan fingerprint density at radius 3 is 1.47 bits per heavy atom. The second kappa shape index (κ2) is 12.8. The number of benzene rings is 3. The van der Waals surface area contributed by atoms with E-state index < -0.39 is 24.2 Å². The van der Waals surface area contributed by atoms with Gasteiger partial charge in [-0.15, -0.1) is 0 Å². The number of hydrogen-bond donors (Lipinski definition) is 4. The summed E-state index contributed by atoms with van der Waals surface area (Å²) in [6.45, 7) is 0.250. The minimum absolute atomic E-state index is 0.0882. The molecule has 0 saturated heterocycles. The standard InChI is InChI=1S/C12H12O7P2.C7H9O3P/c13-20(14,15)19-21(16,17-11-7-3-1-4-8-11)18-12-9-5-2-6-10-12;8-11(9)10-6-7-4-2-1-3-5-7/h1-10H,(H2,13,14,15);1-5,8-9H,6H2. The zero-order valence-corrected chi connectivity index (χ0v) is 19.1. The van der Waals surface area contributed by atoms with Crippen LogP contribution in [0.2, 0.25) is 0 Å². The first kappa shape index (κ1) is 26.2. The van der Waals surface area contributed by atoms with E-state index in [0.29, 0.717) is 0 Å². The van der Waals surface area contributed by atoms with Gasteiger partial charge < -0.3 is 33.1 Å². The topological polar surface area (TPSA) is 152 Å². The highest BCUT2D eigenvalue weighted by Gasteiger charge is 2.39. The van der Waals surface area contributed by atoms with Crippen LogP contribution >= 0.6 is 24.2 Å². The van der Waals surface area contributed by atoms with E-state index in [2.05, 4.69) is 8.83 Å². The van der Waals surface area contributed by atoms with E-state index in [9.17, 15) is 9.13 Å². The Hall–Kier alpha value is -2.09. The molecule has 0 aliphatic heterocycles. The van der Waals surface area contributed by atoms with Crippen LogP contribution in [0.5, 0.6) is 11.5 Å². The molecule has 13 heteroatoms. The fourth-order valence-electron chi connectivity index (χ4n) is 2.11. The van der Waals surface area contributed by atoms with Crippen LogP contribution in [-0.2, 0) is 24.6 Å². The fourth-order valence-corrected chi connectivity index (χ4v) is 4.48. The Bertz CT molecular complexity index is 968. The van der Waals surface area contributed by atoms with Gasteiger partial charge in [-0.3, -0.25) is 0 Å². The summed E-state index contributed by atoms with van der Waals surface area (Å²) in [5.74, 6) is 0.176. The first-order valence-corrected chi connectivity index (χ1v) is 13.0. The zero-order chi connectivity index (χ0) is 23.5. The molecular weight excluding hydrogens is 481 g/mol. The molecule has 0 saturated carbocycles. The van der Waals surface area contributed by atoms with Gasteiger partial charge in [-0.2, -0.15) is 4.31 Å². The summed E-state index contributed by atoms with van der Waals surface area (Å²) < 4.78 is 42.2. The Morgan fingerprint density at radius 1 is 0.688 bits per heavy atom. The van der Waals surface area contributed by atoms with E-state index in [4.69, 9.17) is 28.6 Å². The highest BCUT2D eigenvalue weighted by molar-refractivity contribution is 7.61. The normalized spacial score (nSPS) is 11.4. The average molecular weight is 502 g/mol. The molecule has 0 aliphatic carbocycles. The van der Waals surface area contributed by atoms with E-state index in [1.807, 2.05) is 30.3 Å². The van der Waals surface area contributed by atoms with Crippen molar-refractivity contribution in [1.29, 1.82) is 0 Å². The molecular formula is C19H21O10P3. The number of hydrogen-bond acceptors (Lipinski definition) is 8. The summed E-state index contributed by atoms with van der Waals surface area (Å²) in [7, 11) is -11.8. The monoisotopic (exact) mass is 502 g/mol. The number of rotatable bonds is 9. The van der Waals surface area contributed by atoms with Crippen LogP contribution in [-0.4, -0.2) is 19.6 Å². The maximum absolute atomic E-state index is 12.4. The highest BCUT2D eigenvalue weighted by atomic mass is 31.3. The Balaban J connectivity index is 0.000000278. The number of phosphoric ester groups is 1. The summed E-state index contributed by atoms with van der Waals surface area (Å²) in [6, 6.07) is 24.9. The second-order valence-corrected chi connectivity index (χ2v) is 9.50. The van der Waals surface area contributed by atoms with Gasteiger partial charge in [-0.1, -0.05) is 66.7 Å². The summed E-state index contributed by atoms with van der Waals surface area (Å²) in [4.78, 5) is 34.6. The predicted molar refractivity (Wildman–Crippen MR) is 117 cm³/mol. The van der Waals surface area contributed by atoms with Crippen molar-refractivity contribution >= 4 is 24.2 Å². The smallest absolute Gasteiger partial charge is 0.395 e. The van der Waals surface area contributed by atoms with Gasteiger partial charge >= 0.3 is 24.2 Å². The van der Waals surface area contributed by atoms with Gasteiger partial charge in [0.2, 0.25) is 0 Å². The van der Waals surface area contributed by atoms with E-state index >= 15 is 0 Å². The van der Waals surface area contributed by atoms with Crippen molar-refractivity contribution < 1.29 is 46.6 Å². The first-order valence-electron chi connectivity index (χ1n) is 8.86. The first-order chi connectivity index (χ1) is 15.2. The Kier molecular flexibility index (Phi) is 10.5. The maximum atomic E-state index is 12.4. The minimum Gasteiger partial charge on any atom is -0.395 e. The van der Waals surface area contributed by atoms with Gasteiger partial charge in [0.05, 0.1) is 6.61 Å². The lowest BCUT2D eigenvalue weighted by Crippen LogP contribution is -2.03. The Labute approximate surface area is 185 Å². The van der Waals surface area contributed by atoms with Gasteiger partial charge in [0, 0.05) is 0 Å². The molecule has 10 nitrogen and oxygen atoms in total. The molecule has 3 aromatic carbocycles. The molecule has 0 radical (unpaired) electrons. The maximum Gasteiger partial charge on any atom is 0.596 e. The van der Waals surface area contributed by atoms with Crippen molar-refractivity contribution in [1.82, 2.24) is 0 Å². The predicted octanol–water partition coefficient (Wildman–Crippen LogP) is 4.78. The van der Waals surface area contributed by atoms with Crippen LogP contribution in [0, 0.1) is 0 Å². The van der Waals surface area contributed by atoms with E-state index in [0.717, 1.165) is 5.56 Å². The number of phosphoric acid groups is 2. The lowest BCUT2D eigenvalue weighted by atomic mass is 10.2. The van der Waals surface area contributed by atoms with Crippen molar-refractivity contribution in [3.8, 4) is 11.5 Å². The van der Waals surface area contributed by atoms with Gasteiger partial charge in [0.25, 0.3) is 0 Å². The zero-order valence-electron chi connectivity index (χ0n) is 16.4. The highest BCUT2D eigenvalue weighted by Crippen LogP contribution is 2.60. The molecule has 0 aliphatic rings. The third kappa shape index (κ3) is 11.0. The molecule has 0 amide bonds. The van der Waals surface area contributed by atoms with Gasteiger partial charge in [0.15, 0.2) is 0 Å². The Morgan fingerprint density at radius 2 is 1.09 bits per heavy atom. The van der Waals surface area contributed by atoms with Crippen molar-refractivity contribution in [2.24, 2.45) is 0 Å². The largest absolute Gasteiger partial charge is 0.596 e. The molecule has 172 valence electrons. The summed E-state index contributed by atoms with van der Waals surface area (Å²) in [6.07, 6.45) is 0. The van der Waals surface area contributed by atoms with Gasteiger partial charge in [-0.05, 0) is 29.8 Å². The summed E-state index contributed by atoms with van der Waals surface area (Å²) >= 11 is 0. The van der Waals surface area contributed by atoms with E-state index in [1.54, 1.807) is 36.4 Å². The fraction of sp³-hybridized carbons (Fsp3) is 0.0526. The molecule has 0 aromatic heterocycles. The van der Waals surface area contributed by atoms with Gasteiger partial charge in [-0.25, -0.2) is 9.13 Å². The number of para-hydroxylation sites is 2. The van der Waals surface area contributed by atoms with Crippen molar-refractivity contribution in [3.05, 3.63) is 96.6 Å². The molecule has 0 heterocycles. The molecule has 3 aromatic rings. The minimum atomic E-state index is -5.07. The van der Waals surface area contributed by atoms with Crippen LogP contribution < -0.4 is 9.05 Å². The molecule has 32 heavy (non-hydrogen) atoms. The second-order valence-electron chi connectivity index (χ2n) is 5.84. The van der Waals surface area contributed by atoms with Crippen molar-refractivity contribution in [2.45, 2.75) is 6.61 Å². The summed E-state index contributed by atoms with van der Waals surface area (Å²) in [5.41, 5.74) is 0.933. The third-order valence-corrected chi connectivity index (χ3v) is 6.20. The molecule has 0 fully saturated rings. The van der Waals surface area contributed by atoms with E-state index in [1.165, 1.54) is 24.3 Å². The molecule has 0 bridgehead atoms. The molecule has 4 N–H and O–H groups in total. The van der Waals surface area contributed by atoms with Crippen LogP contribution in [0.4, 0.5) is 0 Å². The molecule has 3 rings (SSSR count). The molecule has 0 unspecified atom stereocenters. The van der Waals surface area contributed by atoms with Crippen LogP contribution in [0.1, 0.15) is 5.56 Å². The van der Waals surface area contributed by atoms with Crippen LogP contribution in [0.3, 0.4) is 0 Å². The average Bonchev–Trinajstić information content (AvgIpc) is 2.73. The summed E-state index contributed by atoms with van der Waals surface area (Å²) in [5, 5.41) is 0. The molecule has 0 atom stereocenters. The van der Waals surface area contributed by atoms with Crippen LogP contribution in [0.15, 0.2) is 91.0 Å². The van der Waals surface area contributed by atoms with E-state index in [-0.39, 0.29) is 18.1 Å². The molecule has 0 spiro atoms. The quantitative estimate of drug-likeness (QED) is 0.301.